The minimum Gasteiger partial charge on any atom is -0.367 e. The summed E-state index contributed by atoms with van der Waals surface area (Å²) in [7, 11) is -3.42. The van der Waals surface area contributed by atoms with Gasteiger partial charge in [-0.05, 0) is 47.5 Å². The molecule has 194 valence electrons. The molecule has 0 fully saturated rings. The lowest BCUT2D eigenvalue weighted by atomic mass is 9.95. The van der Waals surface area contributed by atoms with Gasteiger partial charge >= 0.3 is 6.18 Å². The molecule has 12 heteroatoms. The lowest BCUT2D eigenvalue weighted by Crippen LogP contribution is -2.49. The molecule has 0 radical (unpaired) electrons. The largest absolute Gasteiger partial charge is 0.392 e. The summed E-state index contributed by atoms with van der Waals surface area (Å²) in [6, 6.07) is 17.5. The molecular weight excluding hydrogens is 550 g/mol. The first-order chi connectivity index (χ1) is 17.2. The van der Waals surface area contributed by atoms with Gasteiger partial charge in [0, 0.05) is 11.9 Å². The van der Waals surface area contributed by atoms with Gasteiger partial charge in [0.1, 0.15) is 5.84 Å². The number of amidine groups is 1. The molecule has 0 spiro atoms. The predicted molar refractivity (Wildman–Crippen MR) is 138 cm³/mol. The van der Waals surface area contributed by atoms with Crippen molar-refractivity contribution >= 4 is 50.5 Å². The van der Waals surface area contributed by atoms with Crippen LogP contribution in [0.15, 0.2) is 76.6 Å². The first-order valence-electron chi connectivity index (χ1n) is 10.8. The molecule has 37 heavy (non-hydrogen) atoms. The molecule has 0 aromatic heterocycles. The van der Waals surface area contributed by atoms with Gasteiger partial charge < -0.3 is 10.6 Å². The Morgan fingerprint density at radius 3 is 2.16 bits per heavy atom. The van der Waals surface area contributed by atoms with Crippen molar-refractivity contribution in [2.75, 3.05) is 17.7 Å². The van der Waals surface area contributed by atoms with Crippen LogP contribution in [0, 0.1) is 0 Å². The maximum atomic E-state index is 13.5. The van der Waals surface area contributed by atoms with Crippen LogP contribution < -0.4 is 10.6 Å². The maximum Gasteiger partial charge on any atom is 0.392 e. The fraction of sp³-hybridized carbons (Fsp3) is 0.200. The molecule has 1 amide bonds. The van der Waals surface area contributed by atoms with Crippen molar-refractivity contribution in [3.63, 3.8) is 0 Å². The Bertz CT molecular complexity index is 1490. The fourth-order valence-electron chi connectivity index (χ4n) is 4.14. The normalized spacial score (nSPS) is 18.1. The van der Waals surface area contributed by atoms with Crippen LogP contribution >= 0.6 is 23.2 Å². The van der Waals surface area contributed by atoms with E-state index in [0.29, 0.717) is 16.8 Å². The number of halogens is 5. The summed E-state index contributed by atoms with van der Waals surface area (Å²) in [5.74, 6) is -1.26. The Balaban J connectivity index is 1.80. The van der Waals surface area contributed by atoms with E-state index >= 15 is 0 Å². The molecular formula is C25H20Cl2F3N3O3S. The van der Waals surface area contributed by atoms with E-state index in [2.05, 4.69) is 4.99 Å². The van der Waals surface area contributed by atoms with E-state index < -0.39 is 40.4 Å². The number of carbonyl (C=O) groups is 1. The van der Waals surface area contributed by atoms with Crippen molar-refractivity contribution in [2.24, 2.45) is 10.7 Å². The van der Waals surface area contributed by atoms with Crippen LogP contribution in [0.25, 0.3) is 11.1 Å². The van der Waals surface area contributed by atoms with Gasteiger partial charge in [-0.3, -0.25) is 4.79 Å². The number of primary amides is 1. The average molecular weight is 570 g/mol. The topological polar surface area (TPSA) is 92.8 Å². The quantitative estimate of drug-likeness (QED) is 0.423. The summed E-state index contributed by atoms with van der Waals surface area (Å²) in [5.41, 5.74) is 5.03. The monoisotopic (exact) mass is 569 g/mol. The third kappa shape index (κ3) is 5.61. The Morgan fingerprint density at radius 1 is 1.03 bits per heavy atom. The van der Waals surface area contributed by atoms with E-state index in [1.54, 1.807) is 42.5 Å². The number of carbonyl (C=O) groups excluding carboxylic acids is 1. The van der Waals surface area contributed by atoms with E-state index in [4.69, 9.17) is 28.9 Å². The Morgan fingerprint density at radius 2 is 1.62 bits per heavy atom. The van der Waals surface area contributed by atoms with Gasteiger partial charge in [0.2, 0.25) is 5.91 Å². The molecule has 1 unspecified atom stereocenters. The molecule has 3 aromatic rings. The van der Waals surface area contributed by atoms with Crippen LogP contribution in [0.2, 0.25) is 10.0 Å². The number of amides is 1. The highest BCUT2D eigenvalue weighted by Gasteiger charge is 2.52. The third-order valence-electron chi connectivity index (χ3n) is 5.91. The molecule has 3 aromatic carbocycles. The van der Waals surface area contributed by atoms with Gasteiger partial charge in [0.05, 0.1) is 33.5 Å². The number of benzene rings is 3. The van der Waals surface area contributed by atoms with Crippen molar-refractivity contribution < 1.29 is 26.4 Å². The van der Waals surface area contributed by atoms with E-state index in [9.17, 15) is 26.4 Å². The van der Waals surface area contributed by atoms with Crippen molar-refractivity contribution in [2.45, 2.75) is 23.0 Å². The summed E-state index contributed by atoms with van der Waals surface area (Å²) in [4.78, 5) is 18.1. The highest BCUT2D eigenvalue weighted by atomic mass is 35.5. The predicted octanol–water partition coefficient (Wildman–Crippen LogP) is 5.51. The van der Waals surface area contributed by atoms with E-state index in [1.807, 2.05) is 0 Å². The summed E-state index contributed by atoms with van der Waals surface area (Å²) >= 11 is 12.7. The molecule has 0 saturated carbocycles. The minimum absolute atomic E-state index is 0.0227. The Kier molecular flexibility index (Phi) is 7.04. The number of nitrogens with zero attached hydrogens (tertiary/aromatic N) is 2. The van der Waals surface area contributed by atoms with Gasteiger partial charge in [-0.25, -0.2) is 13.4 Å². The Hall–Kier alpha value is -3.08. The SMILES string of the molecule is CS(=O)(=O)c1cccc(-c2ccc(N3CC(CC(F)(F)F)(C(N)=O)N=C3c3c(Cl)cccc3Cl)cc2)c1. The highest BCUT2D eigenvalue weighted by Crippen LogP contribution is 2.40. The minimum atomic E-state index is -4.72. The number of hydrogen-bond acceptors (Lipinski definition) is 5. The third-order valence-corrected chi connectivity index (χ3v) is 7.65. The molecule has 6 nitrogen and oxygen atoms in total. The first kappa shape index (κ1) is 27.0. The van der Waals surface area contributed by atoms with Crippen LogP contribution in [0.4, 0.5) is 18.9 Å². The standard InChI is InChI=1S/C25H20Cl2F3N3O3S/c1-37(35,36)18-5-2-4-16(12-18)15-8-10-17(11-9-15)33-14-24(23(31)34,13-25(28,29)30)32-22(33)21-19(26)6-3-7-20(21)27/h2-12H,13-14H2,1H3,(H2,31,34). The number of rotatable bonds is 6. The number of alkyl halides is 3. The zero-order valence-corrected chi connectivity index (χ0v) is 21.6. The second-order valence-corrected chi connectivity index (χ2v) is 11.5. The zero-order chi connectivity index (χ0) is 27.2. The highest BCUT2D eigenvalue weighted by molar-refractivity contribution is 7.90. The number of anilines is 1. The molecule has 1 aliphatic heterocycles. The number of nitrogens with two attached hydrogens (primary N) is 1. The second-order valence-electron chi connectivity index (χ2n) is 8.65. The summed E-state index contributed by atoms with van der Waals surface area (Å²) < 4.78 is 64.3. The lowest BCUT2D eigenvalue weighted by molar-refractivity contribution is -0.154. The molecule has 0 saturated heterocycles. The van der Waals surface area contributed by atoms with Crippen molar-refractivity contribution in [3.8, 4) is 11.1 Å². The van der Waals surface area contributed by atoms with Crippen LogP contribution in [0.5, 0.6) is 0 Å². The van der Waals surface area contributed by atoms with Crippen LogP contribution in [0.1, 0.15) is 12.0 Å². The second kappa shape index (κ2) is 9.66. The first-order valence-corrected chi connectivity index (χ1v) is 13.4. The van der Waals surface area contributed by atoms with Gasteiger partial charge in [-0.15, -0.1) is 0 Å². The number of hydrogen-bond donors (Lipinski definition) is 1. The molecule has 2 N–H and O–H groups in total. The van der Waals surface area contributed by atoms with Crippen molar-refractivity contribution in [1.29, 1.82) is 0 Å². The molecule has 1 atom stereocenters. The van der Waals surface area contributed by atoms with Gasteiger partial charge in [0.25, 0.3) is 0 Å². The summed E-state index contributed by atoms with van der Waals surface area (Å²) in [5, 5.41) is 0.274. The molecule has 0 aliphatic carbocycles. The van der Waals surface area contributed by atoms with E-state index in [1.165, 1.54) is 29.2 Å². The van der Waals surface area contributed by atoms with Gasteiger partial charge in [0.15, 0.2) is 15.4 Å². The summed E-state index contributed by atoms with van der Waals surface area (Å²) in [6.45, 7) is -0.484. The molecule has 4 rings (SSSR count). The van der Waals surface area contributed by atoms with Gasteiger partial charge in [-0.2, -0.15) is 13.2 Å². The maximum absolute atomic E-state index is 13.5. The number of aliphatic imine (C=N–C) groups is 1. The smallest absolute Gasteiger partial charge is 0.367 e. The van der Waals surface area contributed by atoms with Crippen molar-refractivity contribution in [3.05, 3.63) is 82.3 Å². The number of sulfone groups is 1. The molecule has 0 bridgehead atoms. The van der Waals surface area contributed by atoms with Crippen LogP contribution in [-0.2, 0) is 14.6 Å². The van der Waals surface area contributed by atoms with Gasteiger partial charge in [-0.1, -0.05) is 53.5 Å². The lowest BCUT2D eigenvalue weighted by Gasteiger charge is -2.27. The zero-order valence-electron chi connectivity index (χ0n) is 19.3. The van der Waals surface area contributed by atoms with Crippen LogP contribution in [-0.4, -0.2) is 44.7 Å². The van der Waals surface area contributed by atoms with E-state index in [0.717, 1.165) is 6.26 Å². The van der Waals surface area contributed by atoms with E-state index in [-0.39, 0.29) is 26.3 Å². The molecule has 1 aliphatic rings. The average Bonchev–Trinajstić information content (AvgIpc) is 3.17. The fourth-order valence-corrected chi connectivity index (χ4v) is 5.37. The van der Waals surface area contributed by atoms with Crippen molar-refractivity contribution in [1.82, 2.24) is 0 Å². The Labute approximate surface area is 221 Å². The summed E-state index contributed by atoms with van der Waals surface area (Å²) in [6.07, 6.45) is -5.18. The van der Waals surface area contributed by atoms with Crippen LogP contribution in [0.3, 0.4) is 0 Å². The molecule has 1 heterocycles.